The highest BCUT2D eigenvalue weighted by Gasteiger charge is 2.24. The number of benzene rings is 1. The Hall–Kier alpha value is -1.84. The fraction of sp³-hybridized carbons (Fsp3) is 0.529. The molecule has 0 radical (unpaired) electrons. The molecule has 1 aromatic heterocycles. The Kier molecular flexibility index (Phi) is 4.23. The monoisotopic (exact) mass is 284 g/mol. The Morgan fingerprint density at radius 2 is 2.05 bits per heavy atom. The SMILES string of the molecule is CCCNc1nc(NC(C)C2CCC2)c2ccccc2n1. The number of anilines is 2. The number of nitrogens with one attached hydrogen (secondary N) is 2. The van der Waals surface area contributed by atoms with Crippen LogP contribution in [-0.4, -0.2) is 22.6 Å². The summed E-state index contributed by atoms with van der Waals surface area (Å²) in [6, 6.07) is 8.68. The molecule has 1 saturated carbocycles. The fourth-order valence-corrected chi connectivity index (χ4v) is 2.78. The zero-order valence-electron chi connectivity index (χ0n) is 12.9. The Balaban J connectivity index is 1.89. The molecule has 21 heavy (non-hydrogen) atoms. The summed E-state index contributed by atoms with van der Waals surface area (Å²) in [6.07, 6.45) is 5.10. The molecule has 4 nitrogen and oxygen atoms in total. The molecule has 1 unspecified atom stereocenters. The van der Waals surface area contributed by atoms with Crippen molar-refractivity contribution in [2.45, 2.75) is 45.6 Å². The van der Waals surface area contributed by atoms with Gasteiger partial charge in [0.15, 0.2) is 0 Å². The molecule has 0 bridgehead atoms. The summed E-state index contributed by atoms with van der Waals surface area (Å²) < 4.78 is 0. The third-order valence-electron chi connectivity index (χ3n) is 4.36. The van der Waals surface area contributed by atoms with Crippen molar-refractivity contribution in [1.82, 2.24) is 9.97 Å². The van der Waals surface area contributed by atoms with Gasteiger partial charge >= 0.3 is 0 Å². The number of para-hydroxylation sites is 1. The molecule has 0 spiro atoms. The summed E-state index contributed by atoms with van der Waals surface area (Å²) >= 11 is 0. The van der Waals surface area contributed by atoms with Crippen molar-refractivity contribution in [3.05, 3.63) is 24.3 Å². The highest BCUT2D eigenvalue weighted by atomic mass is 15.1. The lowest BCUT2D eigenvalue weighted by atomic mass is 9.80. The van der Waals surface area contributed by atoms with E-state index in [2.05, 4.69) is 40.5 Å². The average molecular weight is 284 g/mol. The molecule has 1 aliphatic rings. The molecular formula is C17H24N4. The molecule has 1 aromatic carbocycles. The van der Waals surface area contributed by atoms with Gasteiger partial charge in [-0.1, -0.05) is 25.5 Å². The van der Waals surface area contributed by atoms with Crippen LogP contribution >= 0.6 is 0 Å². The largest absolute Gasteiger partial charge is 0.367 e. The predicted molar refractivity (Wildman–Crippen MR) is 88.7 cm³/mol. The van der Waals surface area contributed by atoms with Gasteiger partial charge in [0.05, 0.1) is 5.52 Å². The molecule has 3 rings (SSSR count). The van der Waals surface area contributed by atoms with E-state index in [0.717, 1.165) is 41.6 Å². The molecule has 0 amide bonds. The van der Waals surface area contributed by atoms with E-state index in [1.54, 1.807) is 0 Å². The number of fused-ring (bicyclic) bond motifs is 1. The van der Waals surface area contributed by atoms with Crippen molar-refractivity contribution < 1.29 is 0 Å². The molecule has 0 aliphatic heterocycles. The van der Waals surface area contributed by atoms with Crippen LogP contribution in [0, 0.1) is 5.92 Å². The first kappa shape index (κ1) is 14.1. The topological polar surface area (TPSA) is 49.8 Å². The smallest absolute Gasteiger partial charge is 0.225 e. The molecule has 1 aliphatic carbocycles. The normalized spacial score (nSPS) is 16.5. The summed E-state index contributed by atoms with van der Waals surface area (Å²) in [5.74, 6) is 2.46. The summed E-state index contributed by atoms with van der Waals surface area (Å²) in [6.45, 7) is 5.31. The lowest BCUT2D eigenvalue weighted by Crippen LogP contribution is -2.31. The molecule has 112 valence electrons. The van der Waals surface area contributed by atoms with Crippen LogP contribution in [0.5, 0.6) is 0 Å². The fourth-order valence-electron chi connectivity index (χ4n) is 2.78. The van der Waals surface area contributed by atoms with Gasteiger partial charge in [0.25, 0.3) is 0 Å². The number of aromatic nitrogens is 2. The van der Waals surface area contributed by atoms with Crippen LogP contribution in [0.15, 0.2) is 24.3 Å². The lowest BCUT2D eigenvalue weighted by Gasteiger charge is -2.32. The maximum Gasteiger partial charge on any atom is 0.225 e. The van der Waals surface area contributed by atoms with Gasteiger partial charge in [0.2, 0.25) is 5.95 Å². The van der Waals surface area contributed by atoms with Crippen LogP contribution < -0.4 is 10.6 Å². The Bertz CT molecular complexity index is 607. The van der Waals surface area contributed by atoms with Gasteiger partial charge in [-0.05, 0) is 44.2 Å². The minimum Gasteiger partial charge on any atom is -0.367 e. The summed E-state index contributed by atoms with van der Waals surface area (Å²) in [5.41, 5.74) is 0.995. The van der Waals surface area contributed by atoms with Gasteiger partial charge in [-0.3, -0.25) is 0 Å². The van der Waals surface area contributed by atoms with Crippen LogP contribution in [0.25, 0.3) is 10.9 Å². The second kappa shape index (κ2) is 6.29. The van der Waals surface area contributed by atoms with Crippen LogP contribution in [0.1, 0.15) is 39.5 Å². The Morgan fingerprint density at radius 3 is 2.76 bits per heavy atom. The lowest BCUT2D eigenvalue weighted by molar-refractivity contribution is 0.285. The third-order valence-corrected chi connectivity index (χ3v) is 4.36. The summed E-state index contributed by atoms with van der Waals surface area (Å²) in [7, 11) is 0. The van der Waals surface area contributed by atoms with Crippen molar-refractivity contribution in [1.29, 1.82) is 0 Å². The maximum absolute atomic E-state index is 4.69. The van der Waals surface area contributed by atoms with Gasteiger partial charge in [-0.25, -0.2) is 4.98 Å². The first-order valence-corrected chi connectivity index (χ1v) is 8.05. The zero-order chi connectivity index (χ0) is 14.7. The predicted octanol–water partition coefficient (Wildman–Crippen LogP) is 4.05. The number of nitrogens with zero attached hydrogens (tertiary/aromatic N) is 2. The molecule has 1 atom stereocenters. The average Bonchev–Trinajstić information content (AvgIpc) is 2.43. The molecular weight excluding hydrogens is 260 g/mol. The van der Waals surface area contributed by atoms with Crippen molar-refractivity contribution in [3.8, 4) is 0 Å². The van der Waals surface area contributed by atoms with Crippen LogP contribution in [0.3, 0.4) is 0 Å². The second-order valence-corrected chi connectivity index (χ2v) is 5.96. The molecule has 0 saturated heterocycles. The Labute approximate surface area is 126 Å². The van der Waals surface area contributed by atoms with E-state index in [-0.39, 0.29) is 0 Å². The Morgan fingerprint density at radius 1 is 1.24 bits per heavy atom. The number of rotatable bonds is 6. The zero-order valence-corrected chi connectivity index (χ0v) is 12.9. The number of hydrogen-bond donors (Lipinski definition) is 2. The van der Waals surface area contributed by atoms with E-state index in [4.69, 9.17) is 0 Å². The van der Waals surface area contributed by atoms with Crippen molar-refractivity contribution in [3.63, 3.8) is 0 Å². The van der Waals surface area contributed by atoms with Crippen LogP contribution in [0.2, 0.25) is 0 Å². The molecule has 4 heteroatoms. The van der Waals surface area contributed by atoms with Gasteiger partial charge in [-0.2, -0.15) is 4.98 Å². The molecule has 2 aromatic rings. The highest BCUT2D eigenvalue weighted by molar-refractivity contribution is 5.90. The maximum atomic E-state index is 4.69. The van der Waals surface area contributed by atoms with Gasteiger partial charge in [0, 0.05) is 18.0 Å². The van der Waals surface area contributed by atoms with E-state index in [1.807, 2.05) is 18.2 Å². The van der Waals surface area contributed by atoms with Crippen molar-refractivity contribution in [2.24, 2.45) is 5.92 Å². The van der Waals surface area contributed by atoms with Gasteiger partial charge in [-0.15, -0.1) is 0 Å². The summed E-state index contributed by atoms with van der Waals surface area (Å²) in [5, 5.41) is 8.01. The minimum absolute atomic E-state index is 0.469. The van der Waals surface area contributed by atoms with Crippen molar-refractivity contribution >= 4 is 22.7 Å². The molecule has 1 fully saturated rings. The van der Waals surface area contributed by atoms with Crippen LogP contribution in [0.4, 0.5) is 11.8 Å². The number of hydrogen-bond acceptors (Lipinski definition) is 4. The first-order valence-electron chi connectivity index (χ1n) is 8.05. The highest BCUT2D eigenvalue weighted by Crippen LogP contribution is 2.32. The minimum atomic E-state index is 0.469. The van der Waals surface area contributed by atoms with E-state index in [1.165, 1.54) is 19.3 Å². The van der Waals surface area contributed by atoms with E-state index >= 15 is 0 Å². The molecule has 1 heterocycles. The van der Waals surface area contributed by atoms with Gasteiger partial charge < -0.3 is 10.6 Å². The second-order valence-electron chi connectivity index (χ2n) is 5.96. The van der Waals surface area contributed by atoms with Gasteiger partial charge in [0.1, 0.15) is 5.82 Å². The van der Waals surface area contributed by atoms with Crippen LogP contribution in [-0.2, 0) is 0 Å². The molecule has 2 N–H and O–H groups in total. The van der Waals surface area contributed by atoms with E-state index in [9.17, 15) is 0 Å². The standard InChI is InChI=1S/C17H24N4/c1-3-11-18-17-20-15-10-5-4-9-14(15)16(21-17)19-12(2)13-7-6-8-13/h4-5,9-10,12-13H,3,6-8,11H2,1-2H3,(H2,18,19,20,21). The van der Waals surface area contributed by atoms with Crippen molar-refractivity contribution in [2.75, 3.05) is 17.2 Å². The first-order chi connectivity index (χ1) is 10.3. The third kappa shape index (κ3) is 3.09. The van der Waals surface area contributed by atoms with E-state index in [0.29, 0.717) is 6.04 Å². The summed E-state index contributed by atoms with van der Waals surface area (Å²) in [4.78, 5) is 9.28. The van der Waals surface area contributed by atoms with E-state index < -0.39 is 0 Å². The quantitative estimate of drug-likeness (QED) is 0.840.